The molecule has 1 aromatic rings. The van der Waals surface area contributed by atoms with Crippen LogP contribution in [0.1, 0.15) is 38.5 Å². The molecule has 0 bridgehead atoms. The second kappa shape index (κ2) is 7.97. The van der Waals surface area contributed by atoms with Crippen molar-refractivity contribution in [2.24, 2.45) is 0 Å². The zero-order valence-electron chi connectivity index (χ0n) is 14.3. The van der Waals surface area contributed by atoms with Crippen molar-refractivity contribution in [1.82, 2.24) is 9.62 Å². The number of amides is 1. The predicted octanol–water partition coefficient (Wildman–Crippen LogP) is 1.60. The Morgan fingerprint density at radius 2 is 1.76 bits per heavy atom. The molecule has 0 spiro atoms. The van der Waals surface area contributed by atoms with Gasteiger partial charge in [-0.2, -0.15) is 0 Å². The highest BCUT2D eigenvalue weighted by molar-refractivity contribution is 7.89. The van der Waals surface area contributed by atoms with E-state index in [1.165, 1.54) is 24.1 Å². The molecular weight excluding hydrogens is 344 g/mol. The lowest BCUT2D eigenvalue weighted by atomic mass is 9.80. The van der Waals surface area contributed by atoms with Crippen molar-refractivity contribution in [2.75, 3.05) is 13.6 Å². The van der Waals surface area contributed by atoms with Crippen LogP contribution in [-0.4, -0.2) is 49.4 Å². The quantitative estimate of drug-likeness (QED) is 0.761. The number of sulfonamides is 1. The molecule has 7 nitrogen and oxygen atoms in total. The van der Waals surface area contributed by atoms with Crippen molar-refractivity contribution < 1.29 is 23.1 Å². The van der Waals surface area contributed by atoms with E-state index in [1.54, 1.807) is 18.2 Å². The summed E-state index contributed by atoms with van der Waals surface area (Å²) in [6, 6.07) is 7.89. The van der Waals surface area contributed by atoms with Crippen LogP contribution in [0.2, 0.25) is 0 Å². The molecule has 0 aromatic heterocycles. The zero-order chi connectivity index (χ0) is 18.5. The van der Waals surface area contributed by atoms with Crippen molar-refractivity contribution in [3.8, 4) is 0 Å². The van der Waals surface area contributed by atoms with E-state index in [-0.39, 0.29) is 23.8 Å². The van der Waals surface area contributed by atoms with Gasteiger partial charge in [-0.3, -0.25) is 4.79 Å². The lowest BCUT2D eigenvalue weighted by Crippen LogP contribution is -2.56. The van der Waals surface area contributed by atoms with Crippen LogP contribution >= 0.6 is 0 Å². The molecule has 2 rings (SSSR count). The highest BCUT2D eigenvalue weighted by Crippen LogP contribution is 2.33. The van der Waals surface area contributed by atoms with E-state index >= 15 is 0 Å². The minimum Gasteiger partial charge on any atom is -0.479 e. The van der Waals surface area contributed by atoms with Crippen LogP contribution in [0.3, 0.4) is 0 Å². The molecule has 8 heteroatoms. The minimum absolute atomic E-state index is 0.0733. The number of benzene rings is 1. The molecule has 0 saturated heterocycles. The van der Waals surface area contributed by atoms with Crippen LogP contribution in [0, 0.1) is 0 Å². The molecule has 1 saturated carbocycles. The van der Waals surface area contributed by atoms with E-state index in [1.807, 2.05) is 0 Å². The van der Waals surface area contributed by atoms with Gasteiger partial charge in [0, 0.05) is 20.0 Å². The average molecular weight is 368 g/mol. The molecule has 0 aliphatic heterocycles. The number of nitrogens with one attached hydrogen (secondary N) is 1. The van der Waals surface area contributed by atoms with Gasteiger partial charge in [0.05, 0.1) is 4.90 Å². The van der Waals surface area contributed by atoms with Crippen LogP contribution in [0.25, 0.3) is 0 Å². The Morgan fingerprint density at radius 1 is 1.16 bits per heavy atom. The van der Waals surface area contributed by atoms with Gasteiger partial charge in [0.2, 0.25) is 15.9 Å². The number of rotatable bonds is 7. The highest BCUT2D eigenvalue weighted by atomic mass is 32.2. The zero-order valence-corrected chi connectivity index (χ0v) is 15.1. The molecule has 1 aliphatic rings. The molecular formula is C17H24N2O5S. The lowest BCUT2D eigenvalue weighted by Gasteiger charge is -2.41. The van der Waals surface area contributed by atoms with E-state index in [0.717, 1.165) is 19.3 Å². The number of hydrogen-bond donors (Lipinski definition) is 2. The molecule has 25 heavy (non-hydrogen) atoms. The van der Waals surface area contributed by atoms with Gasteiger partial charge in [0.1, 0.15) is 5.54 Å². The Bertz CT molecular complexity index is 712. The predicted molar refractivity (Wildman–Crippen MR) is 92.5 cm³/mol. The van der Waals surface area contributed by atoms with Gasteiger partial charge in [-0.05, 0) is 25.0 Å². The van der Waals surface area contributed by atoms with Gasteiger partial charge in [-0.1, -0.05) is 37.5 Å². The van der Waals surface area contributed by atoms with Gasteiger partial charge in [-0.15, -0.1) is 0 Å². The van der Waals surface area contributed by atoms with E-state index in [9.17, 15) is 23.1 Å². The molecule has 2 N–H and O–H groups in total. The van der Waals surface area contributed by atoms with E-state index in [4.69, 9.17) is 0 Å². The number of aliphatic carboxylic acids is 1. The van der Waals surface area contributed by atoms with E-state index < -0.39 is 21.5 Å². The molecule has 1 aliphatic carbocycles. The van der Waals surface area contributed by atoms with Crippen LogP contribution in [0.4, 0.5) is 0 Å². The summed E-state index contributed by atoms with van der Waals surface area (Å²) in [5.74, 6) is -1.37. The number of likely N-dealkylation sites (N-methyl/N-ethyl adjacent to an activating group) is 1. The fraction of sp³-hybridized carbons (Fsp3) is 0.529. The maximum atomic E-state index is 12.4. The van der Waals surface area contributed by atoms with E-state index in [2.05, 4.69) is 4.72 Å². The third kappa shape index (κ3) is 4.38. The summed E-state index contributed by atoms with van der Waals surface area (Å²) in [5.41, 5.74) is -1.17. The van der Waals surface area contributed by atoms with Crippen LogP contribution < -0.4 is 4.72 Å². The van der Waals surface area contributed by atoms with Gasteiger partial charge in [-0.25, -0.2) is 17.9 Å². The van der Waals surface area contributed by atoms with Crippen LogP contribution in [0.15, 0.2) is 35.2 Å². The Balaban J connectivity index is 1.96. The van der Waals surface area contributed by atoms with Crippen molar-refractivity contribution >= 4 is 21.9 Å². The first-order valence-corrected chi connectivity index (χ1v) is 9.83. The van der Waals surface area contributed by atoms with Crippen molar-refractivity contribution in [1.29, 1.82) is 0 Å². The smallest absolute Gasteiger partial charge is 0.329 e. The third-order valence-corrected chi connectivity index (χ3v) is 6.26. The van der Waals surface area contributed by atoms with Gasteiger partial charge < -0.3 is 10.0 Å². The number of carbonyl (C=O) groups is 2. The summed E-state index contributed by atoms with van der Waals surface area (Å²) in [5, 5.41) is 9.61. The molecule has 138 valence electrons. The number of nitrogens with zero attached hydrogens (tertiary/aromatic N) is 1. The van der Waals surface area contributed by atoms with Gasteiger partial charge >= 0.3 is 5.97 Å². The molecule has 0 heterocycles. The maximum absolute atomic E-state index is 12.4. The number of carboxylic acid groups (broad SMARTS) is 1. The molecule has 1 amide bonds. The largest absolute Gasteiger partial charge is 0.479 e. The van der Waals surface area contributed by atoms with Crippen molar-refractivity contribution in [2.45, 2.75) is 49.0 Å². The second-order valence-electron chi connectivity index (χ2n) is 6.31. The summed E-state index contributed by atoms with van der Waals surface area (Å²) in [4.78, 5) is 25.5. The standard InChI is InChI=1S/C17H24N2O5S/c1-19(17(16(21)22)11-6-3-7-12-17)15(20)10-13-18-25(23,24)14-8-4-2-5-9-14/h2,4-5,8-9,18H,3,6-7,10-13H2,1H3,(H,21,22). The Kier molecular flexibility index (Phi) is 6.18. The monoisotopic (exact) mass is 368 g/mol. The first kappa shape index (κ1) is 19.4. The number of carboxylic acids is 1. The molecule has 1 fully saturated rings. The normalized spacial score (nSPS) is 17.0. The SMILES string of the molecule is CN(C(=O)CCNS(=O)(=O)c1ccccc1)C1(C(=O)O)CCCCC1. The Hall–Kier alpha value is -1.93. The average Bonchev–Trinajstić information content (AvgIpc) is 2.62. The van der Waals surface area contributed by atoms with Crippen LogP contribution in [-0.2, 0) is 19.6 Å². The summed E-state index contributed by atoms with van der Waals surface area (Å²) in [7, 11) is -2.18. The highest BCUT2D eigenvalue weighted by Gasteiger charge is 2.45. The van der Waals surface area contributed by atoms with Crippen molar-refractivity contribution in [3.05, 3.63) is 30.3 Å². The minimum atomic E-state index is -3.68. The van der Waals surface area contributed by atoms with Crippen LogP contribution in [0.5, 0.6) is 0 Å². The first-order valence-electron chi connectivity index (χ1n) is 8.34. The molecule has 0 atom stereocenters. The molecule has 0 unspecified atom stereocenters. The fourth-order valence-corrected chi connectivity index (χ4v) is 4.26. The summed E-state index contributed by atoms with van der Waals surface area (Å²) >= 11 is 0. The van der Waals surface area contributed by atoms with Crippen molar-refractivity contribution in [3.63, 3.8) is 0 Å². The third-order valence-electron chi connectivity index (χ3n) is 4.78. The lowest BCUT2D eigenvalue weighted by molar-refractivity contribution is -0.160. The first-order chi connectivity index (χ1) is 11.8. The summed E-state index contributed by atoms with van der Waals surface area (Å²) in [6.45, 7) is -0.0733. The Morgan fingerprint density at radius 3 is 2.32 bits per heavy atom. The molecule has 1 aromatic carbocycles. The number of hydrogen-bond acceptors (Lipinski definition) is 4. The Labute approximate surface area is 148 Å². The van der Waals surface area contributed by atoms with Gasteiger partial charge in [0.15, 0.2) is 0 Å². The van der Waals surface area contributed by atoms with E-state index in [0.29, 0.717) is 12.8 Å². The van der Waals surface area contributed by atoms with Gasteiger partial charge in [0.25, 0.3) is 0 Å². The summed E-state index contributed by atoms with van der Waals surface area (Å²) < 4.78 is 26.6. The summed E-state index contributed by atoms with van der Waals surface area (Å²) in [6.07, 6.45) is 3.28. The topological polar surface area (TPSA) is 104 Å². The second-order valence-corrected chi connectivity index (χ2v) is 8.08. The molecule has 0 radical (unpaired) electrons. The fourth-order valence-electron chi connectivity index (χ4n) is 3.21. The number of carbonyl (C=O) groups excluding carboxylic acids is 1. The maximum Gasteiger partial charge on any atom is 0.329 e.